The highest BCUT2D eigenvalue weighted by atomic mass is 32.2. The number of aliphatic hydroxyl groups excluding tert-OH is 1. The Labute approximate surface area is 140 Å². The lowest BCUT2D eigenvalue weighted by Crippen LogP contribution is -2.71. The maximum atomic E-state index is 11.9. The number of hydrogen-bond donors (Lipinski definition) is 2. The number of carboxylic acids is 2. The molecule has 0 bridgehead atoms. The summed E-state index contributed by atoms with van der Waals surface area (Å²) in [7, 11) is 0. The van der Waals surface area contributed by atoms with E-state index in [0.717, 1.165) is 11.8 Å². The van der Waals surface area contributed by atoms with Crippen LogP contribution < -0.4 is 15.5 Å². The molecule has 0 saturated carbocycles. The van der Waals surface area contributed by atoms with Gasteiger partial charge < -0.3 is 30.2 Å². The molecule has 130 valence electrons. The van der Waals surface area contributed by atoms with Gasteiger partial charge in [-0.25, -0.2) is 0 Å². The van der Waals surface area contributed by atoms with Gasteiger partial charge in [0.05, 0.1) is 24.3 Å². The largest absolute Gasteiger partial charge is 0.550 e. The van der Waals surface area contributed by atoms with Crippen LogP contribution in [0.15, 0.2) is 11.3 Å². The summed E-state index contributed by atoms with van der Waals surface area (Å²) in [5.41, 5.74) is -0.117. The fraction of sp³-hybridized carbons (Fsp3) is 0.462. The minimum absolute atomic E-state index is 0.210. The predicted molar refractivity (Wildman–Crippen MR) is 75.1 cm³/mol. The van der Waals surface area contributed by atoms with Gasteiger partial charge in [-0.3, -0.25) is 14.5 Å². The average Bonchev–Trinajstić information content (AvgIpc) is 2.50. The highest BCUT2D eigenvalue weighted by Gasteiger charge is 2.52. The molecule has 2 atom stereocenters. The van der Waals surface area contributed by atoms with Gasteiger partial charge in [0.15, 0.2) is 0 Å². The summed E-state index contributed by atoms with van der Waals surface area (Å²) < 4.78 is 0. The van der Waals surface area contributed by atoms with Crippen LogP contribution in [0.4, 0.5) is 0 Å². The van der Waals surface area contributed by atoms with Gasteiger partial charge >= 0.3 is 0 Å². The molecule has 0 radical (unpaired) electrons. The van der Waals surface area contributed by atoms with E-state index in [4.69, 9.17) is 20.3 Å². The van der Waals surface area contributed by atoms with Crippen molar-refractivity contribution in [3.05, 3.63) is 11.3 Å². The quantitative estimate of drug-likeness (QED) is 0.477. The van der Waals surface area contributed by atoms with Crippen molar-refractivity contribution < 1.29 is 34.5 Å². The van der Waals surface area contributed by atoms with Crippen molar-refractivity contribution in [2.24, 2.45) is 0 Å². The summed E-state index contributed by atoms with van der Waals surface area (Å²) in [4.78, 5) is 44.2. The summed E-state index contributed by atoms with van der Waals surface area (Å²) in [6, 6.07) is 0.809. The molecule has 10 nitrogen and oxygen atoms in total. The number of β-lactam (4-membered cyclic amide) rings is 1. The molecule has 1 fully saturated rings. The van der Waals surface area contributed by atoms with Gasteiger partial charge in [0.2, 0.25) is 5.91 Å². The van der Waals surface area contributed by atoms with E-state index < -0.39 is 41.8 Å². The number of thioether (sulfide) groups is 1. The average molecular weight is 355 g/mol. The number of aliphatic carboxylic acids is 2. The number of carbonyl (C=O) groups is 4. The van der Waals surface area contributed by atoms with Crippen molar-refractivity contribution in [1.82, 2.24) is 10.2 Å². The fourth-order valence-corrected chi connectivity index (χ4v) is 3.42. The van der Waals surface area contributed by atoms with Crippen LogP contribution in [0.2, 0.25) is 0 Å². The van der Waals surface area contributed by atoms with Gasteiger partial charge in [0.1, 0.15) is 17.8 Å². The second kappa shape index (κ2) is 8.32. The number of fused-ring (bicyclic) bond motifs is 1. The fourth-order valence-electron chi connectivity index (χ4n) is 2.09. The van der Waals surface area contributed by atoms with Gasteiger partial charge in [-0.2, -0.15) is 5.26 Å². The van der Waals surface area contributed by atoms with E-state index >= 15 is 0 Å². The third kappa shape index (κ3) is 4.24. The SMILES string of the molecule is CC(=O)[O-].N#CCC(=O)NC1C(=O)N2C(C(=O)[O-])=C(CO)CSC12. The maximum Gasteiger partial charge on any atom is 0.253 e. The van der Waals surface area contributed by atoms with Crippen molar-refractivity contribution >= 4 is 35.5 Å². The molecule has 0 aromatic carbocycles. The molecule has 24 heavy (non-hydrogen) atoms. The van der Waals surface area contributed by atoms with E-state index in [1.54, 1.807) is 6.07 Å². The lowest BCUT2D eigenvalue weighted by molar-refractivity contribution is -0.303. The Kier molecular flexibility index (Phi) is 6.75. The monoisotopic (exact) mass is 355 g/mol. The van der Waals surface area contributed by atoms with Crippen molar-refractivity contribution in [3.8, 4) is 6.07 Å². The van der Waals surface area contributed by atoms with E-state index in [-0.39, 0.29) is 23.4 Å². The zero-order valence-corrected chi connectivity index (χ0v) is 13.3. The molecular formula is C13H13N3O7S-2. The lowest BCUT2D eigenvalue weighted by Gasteiger charge is -2.50. The normalized spacial score (nSPS) is 21.5. The van der Waals surface area contributed by atoms with Crippen molar-refractivity contribution in [3.63, 3.8) is 0 Å². The van der Waals surface area contributed by atoms with Gasteiger partial charge in [-0.1, -0.05) is 0 Å². The summed E-state index contributed by atoms with van der Waals surface area (Å²) in [5.74, 6) is -3.55. The van der Waals surface area contributed by atoms with Crippen molar-refractivity contribution in [1.29, 1.82) is 5.26 Å². The maximum absolute atomic E-state index is 11.9. The van der Waals surface area contributed by atoms with Crippen LogP contribution in [0.25, 0.3) is 0 Å². The number of nitrogens with zero attached hydrogens (tertiary/aromatic N) is 2. The first-order valence-corrected chi connectivity index (χ1v) is 7.62. The van der Waals surface area contributed by atoms with Crippen LogP contribution in [0.3, 0.4) is 0 Å². The molecule has 2 amide bonds. The van der Waals surface area contributed by atoms with E-state index in [0.29, 0.717) is 0 Å². The number of aliphatic hydroxyl groups is 1. The van der Waals surface area contributed by atoms with Crippen LogP contribution in [0.5, 0.6) is 0 Å². The third-order valence-corrected chi connectivity index (χ3v) is 4.33. The second-order valence-corrected chi connectivity index (χ2v) is 5.78. The van der Waals surface area contributed by atoms with Crippen LogP contribution >= 0.6 is 11.8 Å². The zero-order valence-electron chi connectivity index (χ0n) is 12.5. The highest BCUT2D eigenvalue weighted by Crippen LogP contribution is 2.39. The minimum Gasteiger partial charge on any atom is -0.550 e. The van der Waals surface area contributed by atoms with Crippen molar-refractivity contribution in [2.75, 3.05) is 12.4 Å². The number of rotatable bonds is 4. The van der Waals surface area contributed by atoms with Crippen LogP contribution in [0.1, 0.15) is 13.3 Å². The molecule has 0 aromatic rings. The number of amides is 2. The molecule has 11 heteroatoms. The van der Waals surface area contributed by atoms with Crippen molar-refractivity contribution in [2.45, 2.75) is 24.8 Å². The van der Waals surface area contributed by atoms with Gasteiger partial charge in [0, 0.05) is 11.7 Å². The summed E-state index contributed by atoms with van der Waals surface area (Å²) in [5, 5.41) is 39.3. The van der Waals surface area contributed by atoms with E-state index in [2.05, 4.69) is 5.32 Å². The van der Waals surface area contributed by atoms with Crippen LogP contribution in [-0.2, 0) is 19.2 Å². The molecule has 0 aliphatic carbocycles. The Bertz CT molecular complexity index is 636. The first-order valence-electron chi connectivity index (χ1n) is 6.57. The first-order chi connectivity index (χ1) is 11.2. The molecule has 2 aliphatic rings. The Morgan fingerprint density at radius 3 is 2.50 bits per heavy atom. The Morgan fingerprint density at radius 2 is 2.04 bits per heavy atom. The molecule has 2 N–H and O–H groups in total. The molecule has 2 unspecified atom stereocenters. The Morgan fingerprint density at radius 1 is 1.46 bits per heavy atom. The van der Waals surface area contributed by atoms with Gasteiger partial charge in [-0.15, -0.1) is 11.8 Å². The smallest absolute Gasteiger partial charge is 0.253 e. The number of carboxylic acid groups (broad SMARTS) is 2. The van der Waals surface area contributed by atoms with E-state index in [9.17, 15) is 19.5 Å². The Hall–Kier alpha value is -2.58. The number of nitrogens with one attached hydrogen (secondary N) is 1. The van der Waals surface area contributed by atoms with E-state index in [1.807, 2.05) is 0 Å². The predicted octanol–water partition coefficient (Wildman–Crippen LogP) is -3.95. The lowest BCUT2D eigenvalue weighted by atomic mass is 10.0. The highest BCUT2D eigenvalue weighted by molar-refractivity contribution is 8.00. The minimum atomic E-state index is -1.53. The topological polar surface area (TPSA) is 174 Å². The number of hydrogen-bond acceptors (Lipinski definition) is 9. The third-order valence-electron chi connectivity index (χ3n) is 2.99. The van der Waals surface area contributed by atoms with Crippen LogP contribution in [0, 0.1) is 11.3 Å². The number of carbonyl (C=O) groups excluding carboxylic acids is 4. The van der Waals surface area contributed by atoms with E-state index in [1.165, 1.54) is 11.8 Å². The standard InChI is InChI=1S/C11H11N3O5S.C2H4O2/c12-2-1-6(16)13-7-9(17)14-8(11(18)19)5(3-15)4-20-10(7)14;1-2(3)4/h7,10,15H,1,3-4H2,(H,13,16)(H,18,19);1H3,(H,3,4)/p-2. The molecule has 1 saturated heterocycles. The molecule has 0 aromatic heterocycles. The van der Waals surface area contributed by atoms with Gasteiger partial charge in [0.25, 0.3) is 5.91 Å². The van der Waals surface area contributed by atoms with Gasteiger partial charge in [-0.05, 0) is 12.5 Å². The zero-order chi connectivity index (χ0) is 18.4. The summed E-state index contributed by atoms with van der Waals surface area (Å²) in [6.07, 6.45) is -0.369. The summed E-state index contributed by atoms with van der Waals surface area (Å²) >= 11 is 1.24. The molecular weight excluding hydrogens is 342 g/mol. The Balaban J connectivity index is 0.000000648. The van der Waals surface area contributed by atoms with Crippen LogP contribution in [-0.4, -0.2) is 57.5 Å². The second-order valence-electron chi connectivity index (χ2n) is 4.68. The molecule has 0 spiro atoms. The first kappa shape index (κ1) is 19.5. The number of nitriles is 1. The summed E-state index contributed by atoms with van der Waals surface area (Å²) in [6.45, 7) is 0.498. The molecule has 2 rings (SSSR count). The molecule has 2 heterocycles. The molecule has 2 aliphatic heterocycles.